The second kappa shape index (κ2) is 7.31. The highest BCUT2D eigenvalue weighted by atomic mass is 32.1. The van der Waals surface area contributed by atoms with Crippen LogP contribution in [0.5, 0.6) is 5.75 Å². The van der Waals surface area contributed by atoms with Crippen LogP contribution in [-0.4, -0.2) is 30.9 Å². The third-order valence-corrected chi connectivity index (χ3v) is 5.21. The number of nitrogens with one attached hydrogen (secondary N) is 1. The van der Waals surface area contributed by atoms with Gasteiger partial charge in [-0.15, -0.1) is 0 Å². The number of fused-ring (bicyclic) bond motifs is 1. The zero-order chi connectivity index (χ0) is 20.6. The molecular formula is C21H24N4O2S. The molecule has 7 heteroatoms. The number of aromatic nitrogens is 2. The molecule has 0 saturated heterocycles. The van der Waals surface area contributed by atoms with Gasteiger partial charge in [0.05, 0.1) is 17.2 Å². The van der Waals surface area contributed by atoms with Gasteiger partial charge in [0.25, 0.3) is 0 Å². The van der Waals surface area contributed by atoms with Crippen LogP contribution in [0.15, 0.2) is 36.5 Å². The van der Waals surface area contributed by atoms with Crippen molar-refractivity contribution in [2.75, 3.05) is 5.32 Å². The average molecular weight is 397 g/mol. The quantitative estimate of drug-likeness (QED) is 0.527. The van der Waals surface area contributed by atoms with E-state index in [9.17, 15) is 9.90 Å². The molecule has 0 aliphatic carbocycles. The molecular weight excluding hydrogens is 372 g/mol. The van der Waals surface area contributed by atoms with Crippen molar-refractivity contribution in [1.29, 1.82) is 0 Å². The third-order valence-electron chi connectivity index (χ3n) is 4.43. The smallest absolute Gasteiger partial charge is 0.333 e. The number of anilines is 1. The largest absolute Gasteiger partial charge is 0.507 e. The summed E-state index contributed by atoms with van der Waals surface area (Å²) in [7, 11) is 0. The highest BCUT2D eigenvalue weighted by Gasteiger charge is 2.24. The Hall–Kier alpha value is -2.80. The van der Waals surface area contributed by atoms with E-state index in [4.69, 9.17) is 0 Å². The molecule has 0 spiro atoms. The molecule has 0 aliphatic rings. The average Bonchev–Trinajstić information content (AvgIpc) is 2.63. The lowest BCUT2D eigenvalue weighted by Crippen LogP contribution is -2.41. The molecule has 2 aromatic carbocycles. The van der Waals surface area contributed by atoms with Crippen molar-refractivity contribution in [2.45, 2.75) is 40.2 Å². The van der Waals surface area contributed by atoms with E-state index in [1.165, 1.54) is 10.5 Å². The lowest BCUT2D eigenvalue weighted by atomic mass is 9.99. The number of benzene rings is 2. The fourth-order valence-electron chi connectivity index (χ4n) is 2.84. The van der Waals surface area contributed by atoms with Gasteiger partial charge < -0.3 is 5.11 Å². The number of thiol groups is 1. The number of urea groups is 1. The van der Waals surface area contributed by atoms with Crippen LogP contribution in [0.2, 0.25) is 0 Å². The molecule has 2 N–H and O–H groups in total. The minimum absolute atomic E-state index is 0.310. The minimum Gasteiger partial charge on any atom is -0.507 e. The minimum atomic E-state index is -0.431. The number of phenols is 1. The summed E-state index contributed by atoms with van der Waals surface area (Å²) in [5.41, 5.74) is 4.55. The number of hydrogen-bond acceptors (Lipinski definition) is 5. The van der Waals surface area contributed by atoms with Gasteiger partial charge in [0.1, 0.15) is 5.75 Å². The Bertz CT molecular complexity index is 1040. The maximum Gasteiger partial charge on any atom is 0.333 e. The second-order valence-electron chi connectivity index (χ2n) is 7.83. The maximum absolute atomic E-state index is 12.3. The Morgan fingerprint density at radius 2 is 1.71 bits per heavy atom. The van der Waals surface area contributed by atoms with E-state index < -0.39 is 5.54 Å². The van der Waals surface area contributed by atoms with E-state index in [2.05, 4.69) is 28.1 Å². The van der Waals surface area contributed by atoms with Crippen LogP contribution in [-0.2, 0) is 0 Å². The molecule has 146 valence electrons. The van der Waals surface area contributed by atoms with Gasteiger partial charge in [-0.25, -0.2) is 9.78 Å². The number of hydrogen-bond donors (Lipinski definition) is 3. The van der Waals surface area contributed by atoms with Crippen molar-refractivity contribution in [3.63, 3.8) is 0 Å². The maximum atomic E-state index is 12.3. The zero-order valence-electron chi connectivity index (χ0n) is 16.6. The number of aromatic hydroxyl groups is 1. The van der Waals surface area contributed by atoms with Gasteiger partial charge in [-0.2, -0.15) is 0 Å². The van der Waals surface area contributed by atoms with Gasteiger partial charge in [0, 0.05) is 5.54 Å². The molecule has 0 radical (unpaired) electrons. The first-order chi connectivity index (χ1) is 13.1. The zero-order valence-corrected chi connectivity index (χ0v) is 17.5. The SMILES string of the molecule is Cc1cc(-c2ccc3ncc(NC(=O)N(S)C(C)(C)C)nc3c2)cc(C)c1O. The second-order valence-corrected chi connectivity index (χ2v) is 8.23. The predicted octanol–water partition coefficient (Wildman–Crippen LogP) is 5.10. The molecule has 1 heterocycles. The van der Waals surface area contributed by atoms with Crippen LogP contribution in [0.4, 0.5) is 10.6 Å². The summed E-state index contributed by atoms with van der Waals surface area (Å²) in [4.78, 5) is 21.2. The standard InChI is InChI=1S/C21H24N4O2S/c1-12-8-15(9-13(2)19(12)26)14-6-7-16-17(10-14)23-18(11-22-16)24-20(27)25(28)21(3,4)5/h6-11,26,28H,1-5H3,(H,23,24,27). The van der Waals surface area contributed by atoms with E-state index in [1.807, 2.05) is 65.0 Å². The summed E-state index contributed by atoms with van der Waals surface area (Å²) < 4.78 is 1.32. The molecule has 0 fully saturated rings. The van der Waals surface area contributed by atoms with E-state index in [0.29, 0.717) is 17.1 Å². The summed E-state index contributed by atoms with van der Waals surface area (Å²) in [5.74, 6) is 0.667. The Kier molecular flexibility index (Phi) is 5.21. The van der Waals surface area contributed by atoms with E-state index >= 15 is 0 Å². The van der Waals surface area contributed by atoms with Gasteiger partial charge in [0.2, 0.25) is 0 Å². The van der Waals surface area contributed by atoms with Crippen molar-refractivity contribution in [1.82, 2.24) is 14.3 Å². The summed E-state index contributed by atoms with van der Waals surface area (Å²) >= 11 is 4.25. The summed E-state index contributed by atoms with van der Waals surface area (Å²) in [6, 6.07) is 9.28. The lowest BCUT2D eigenvalue weighted by Gasteiger charge is -2.30. The highest BCUT2D eigenvalue weighted by Crippen LogP contribution is 2.30. The van der Waals surface area contributed by atoms with Crippen molar-refractivity contribution in [2.24, 2.45) is 0 Å². The van der Waals surface area contributed by atoms with Crippen molar-refractivity contribution < 1.29 is 9.90 Å². The molecule has 3 rings (SSSR count). The van der Waals surface area contributed by atoms with Crippen LogP contribution in [0.25, 0.3) is 22.2 Å². The van der Waals surface area contributed by atoms with Gasteiger partial charge >= 0.3 is 6.03 Å². The normalized spacial score (nSPS) is 11.5. The van der Waals surface area contributed by atoms with Crippen LogP contribution in [0, 0.1) is 13.8 Å². The van der Waals surface area contributed by atoms with Gasteiger partial charge in [-0.1, -0.05) is 18.9 Å². The number of carbonyl (C=O) groups excluding carboxylic acids is 1. The first-order valence-corrected chi connectivity index (χ1v) is 9.34. The Labute approximate surface area is 170 Å². The summed E-state index contributed by atoms with van der Waals surface area (Å²) in [6.45, 7) is 9.41. The van der Waals surface area contributed by atoms with E-state index in [0.717, 1.165) is 27.8 Å². The van der Waals surface area contributed by atoms with Gasteiger partial charge in [-0.3, -0.25) is 14.6 Å². The molecule has 0 unspecified atom stereocenters. The predicted molar refractivity (Wildman–Crippen MR) is 116 cm³/mol. The van der Waals surface area contributed by atoms with Crippen LogP contribution in [0.3, 0.4) is 0 Å². The van der Waals surface area contributed by atoms with Crippen molar-refractivity contribution in [3.05, 3.63) is 47.7 Å². The number of aryl methyl sites for hydroxylation is 2. The molecule has 6 nitrogen and oxygen atoms in total. The molecule has 2 amide bonds. The summed E-state index contributed by atoms with van der Waals surface area (Å²) in [5, 5.41) is 12.7. The highest BCUT2D eigenvalue weighted by molar-refractivity contribution is 7.78. The topological polar surface area (TPSA) is 78.4 Å². The Balaban J connectivity index is 1.95. The van der Waals surface area contributed by atoms with Crippen LogP contribution in [0.1, 0.15) is 31.9 Å². The van der Waals surface area contributed by atoms with Gasteiger partial charge in [-0.05, 0) is 81.1 Å². The molecule has 0 aliphatic heterocycles. The Morgan fingerprint density at radius 1 is 1.07 bits per heavy atom. The van der Waals surface area contributed by atoms with E-state index in [-0.39, 0.29) is 6.03 Å². The monoisotopic (exact) mass is 396 g/mol. The van der Waals surface area contributed by atoms with Crippen LogP contribution >= 0.6 is 12.8 Å². The fraction of sp³-hybridized carbons (Fsp3) is 0.286. The molecule has 28 heavy (non-hydrogen) atoms. The van der Waals surface area contributed by atoms with E-state index in [1.54, 1.807) is 0 Å². The third kappa shape index (κ3) is 4.04. The van der Waals surface area contributed by atoms with Crippen molar-refractivity contribution >= 4 is 35.7 Å². The number of phenolic OH excluding ortho intramolecular Hbond substituents is 1. The number of nitrogens with zero attached hydrogens (tertiary/aromatic N) is 3. The first-order valence-electron chi connectivity index (χ1n) is 8.94. The lowest BCUT2D eigenvalue weighted by molar-refractivity contribution is 0.216. The molecule has 3 aromatic rings. The summed E-state index contributed by atoms with van der Waals surface area (Å²) in [6.07, 6.45) is 1.53. The molecule has 1 aromatic heterocycles. The number of carbonyl (C=O) groups is 1. The first kappa shape index (κ1) is 19.9. The fourth-order valence-corrected chi connectivity index (χ4v) is 2.89. The van der Waals surface area contributed by atoms with Crippen molar-refractivity contribution in [3.8, 4) is 16.9 Å². The molecule has 0 atom stereocenters. The number of rotatable bonds is 2. The number of amides is 2. The molecule has 0 bridgehead atoms. The molecule has 0 saturated carbocycles. The van der Waals surface area contributed by atoms with Gasteiger partial charge in [0.15, 0.2) is 5.82 Å². The Morgan fingerprint density at radius 3 is 2.32 bits per heavy atom. The van der Waals surface area contributed by atoms with Crippen LogP contribution < -0.4 is 5.32 Å².